The summed E-state index contributed by atoms with van der Waals surface area (Å²) in [5.41, 5.74) is 2.00. The van der Waals surface area contributed by atoms with Crippen molar-refractivity contribution in [3.05, 3.63) is 45.6 Å². The van der Waals surface area contributed by atoms with Gasteiger partial charge < -0.3 is 4.90 Å². The minimum absolute atomic E-state index is 0.0471. The quantitative estimate of drug-likeness (QED) is 0.838. The van der Waals surface area contributed by atoms with Crippen LogP contribution in [-0.2, 0) is 22.7 Å². The molecule has 3 rings (SSSR count). The van der Waals surface area contributed by atoms with Crippen LogP contribution in [0.15, 0.2) is 35.2 Å². The molecule has 0 radical (unpaired) electrons. The molecule has 0 fully saturated rings. The molecule has 0 spiro atoms. The third-order valence-corrected chi connectivity index (χ3v) is 6.85. The maximum atomic E-state index is 12.7. The number of hydrogen-bond donors (Lipinski definition) is 0. The SMILES string of the molecule is CC1CCc2sc(C(=O)N(C)c3ccc(S(C)(=O)=O)cc3)cc2C1. The van der Waals surface area contributed by atoms with Crippen LogP contribution >= 0.6 is 11.3 Å². The number of anilines is 1. The topological polar surface area (TPSA) is 54.5 Å². The van der Waals surface area contributed by atoms with Crippen LogP contribution in [0.4, 0.5) is 5.69 Å². The highest BCUT2D eigenvalue weighted by atomic mass is 32.2. The van der Waals surface area contributed by atoms with Crippen molar-refractivity contribution < 1.29 is 13.2 Å². The molecule has 1 aromatic carbocycles. The van der Waals surface area contributed by atoms with Gasteiger partial charge in [0.15, 0.2) is 9.84 Å². The second-order valence-corrected chi connectivity index (χ2v) is 9.69. The number of carbonyl (C=O) groups excluding carboxylic acids is 1. The van der Waals surface area contributed by atoms with Crippen LogP contribution in [0.5, 0.6) is 0 Å². The van der Waals surface area contributed by atoms with E-state index in [0.717, 1.165) is 17.7 Å². The second-order valence-electron chi connectivity index (χ2n) is 6.54. The number of nitrogens with zero attached hydrogens (tertiary/aromatic N) is 1. The van der Waals surface area contributed by atoms with E-state index in [0.29, 0.717) is 11.6 Å². The first kappa shape index (κ1) is 17.2. The average molecular weight is 364 g/mol. The molecule has 1 aromatic heterocycles. The van der Waals surface area contributed by atoms with Gasteiger partial charge in [-0.1, -0.05) is 6.92 Å². The number of amides is 1. The summed E-state index contributed by atoms with van der Waals surface area (Å²) < 4.78 is 23.1. The summed E-state index contributed by atoms with van der Waals surface area (Å²) in [7, 11) is -1.51. The van der Waals surface area contributed by atoms with Crippen molar-refractivity contribution in [1.82, 2.24) is 0 Å². The van der Waals surface area contributed by atoms with Crippen LogP contribution in [0.1, 0.15) is 33.5 Å². The van der Waals surface area contributed by atoms with Gasteiger partial charge in [0.05, 0.1) is 9.77 Å². The molecular weight excluding hydrogens is 342 g/mol. The van der Waals surface area contributed by atoms with Crippen LogP contribution < -0.4 is 4.90 Å². The Balaban J connectivity index is 1.82. The van der Waals surface area contributed by atoms with Crippen molar-refractivity contribution in [3.63, 3.8) is 0 Å². The monoisotopic (exact) mass is 363 g/mol. The lowest BCUT2D eigenvalue weighted by Crippen LogP contribution is -2.25. The highest BCUT2D eigenvalue weighted by molar-refractivity contribution is 7.90. The standard InChI is InChI=1S/C18H21NO3S2/c1-12-4-9-16-13(10-12)11-17(23-16)18(20)19(2)14-5-7-15(8-6-14)24(3,21)22/h5-8,11-12H,4,9-10H2,1-3H3. The largest absolute Gasteiger partial charge is 0.311 e. The molecule has 0 saturated carbocycles. The van der Waals surface area contributed by atoms with E-state index >= 15 is 0 Å². The second kappa shape index (κ2) is 6.33. The first-order valence-corrected chi connectivity index (χ1v) is 10.7. The van der Waals surface area contributed by atoms with Gasteiger partial charge >= 0.3 is 0 Å². The maximum absolute atomic E-state index is 12.7. The molecule has 1 aliphatic carbocycles. The summed E-state index contributed by atoms with van der Waals surface area (Å²) in [6, 6.07) is 8.44. The van der Waals surface area contributed by atoms with Gasteiger partial charge in [0.25, 0.3) is 5.91 Å². The lowest BCUT2D eigenvalue weighted by molar-refractivity contribution is 0.0997. The van der Waals surface area contributed by atoms with Gasteiger partial charge in [0, 0.05) is 23.9 Å². The number of aryl methyl sites for hydroxylation is 1. The van der Waals surface area contributed by atoms with E-state index in [1.54, 1.807) is 35.4 Å². The fourth-order valence-electron chi connectivity index (χ4n) is 3.01. The Morgan fingerprint density at radius 3 is 2.54 bits per heavy atom. The number of benzene rings is 1. The molecular formula is C18H21NO3S2. The van der Waals surface area contributed by atoms with Crippen molar-refractivity contribution in [1.29, 1.82) is 0 Å². The summed E-state index contributed by atoms with van der Waals surface area (Å²) >= 11 is 1.59. The molecule has 4 nitrogen and oxygen atoms in total. The third-order valence-electron chi connectivity index (χ3n) is 4.50. The molecule has 0 saturated heterocycles. The van der Waals surface area contributed by atoms with E-state index in [1.165, 1.54) is 35.2 Å². The molecule has 1 amide bonds. The van der Waals surface area contributed by atoms with Crippen LogP contribution in [0.2, 0.25) is 0 Å². The highest BCUT2D eigenvalue weighted by Gasteiger charge is 2.23. The number of hydrogen-bond acceptors (Lipinski definition) is 4. The van der Waals surface area contributed by atoms with Gasteiger partial charge in [0.2, 0.25) is 0 Å². The fourth-order valence-corrected chi connectivity index (χ4v) is 4.83. The summed E-state index contributed by atoms with van der Waals surface area (Å²) in [4.78, 5) is 16.7. The molecule has 1 atom stereocenters. The van der Waals surface area contributed by atoms with E-state index < -0.39 is 9.84 Å². The Morgan fingerprint density at radius 2 is 1.92 bits per heavy atom. The first-order chi connectivity index (χ1) is 11.3. The Hall–Kier alpha value is -1.66. The van der Waals surface area contributed by atoms with Gasteiger partial charge in [-0.15, -0.1) is 11.3 Å². The molecule has 1 unspecified atom stereocenters. The van der Waals surface area contributed by atoms with Gasteiger partial charge in [0.1, 0.15) is 0 Å². The first-order valence-electron chi connectivity index (χ1n) is 7.95. The van der Waals surface area contributed by atoms with Crippen LogP contribution in [0, 0.1) is 5.92 Å². The molecule has 0 bridgehead atoms. The number of thiophene rings is 1. The van der Waals surface area contributed by atoms with Crippen LogP contribution in [0.25, 0.3) is 0 Å². The van der Waals surface area contributed by atoms with E-state index in [1.807, 2.05) is 6.07 Å². The zero-order valence-corrected chi connectivity index (χ0v) is 15.7. The van der Waals surface area contributed by atoms with Crippen molar-refractivity contribution in [2.24, 2.45) is 5.92 Å². The molecule has 1 aliphatic rings. The van der Waals surface area contributed by atoms with E-state index in [9.17, 15) is 13.2 Å². The lowest BCUT2D eigenvalue weighted by Gasteiger charge is -2.16. The summed E-state index contributed by atoms with van der Waals surface area (Å²) in [6.07, 6.45) is 4.46. The van der Waals surface area contributed by atoms with Gasteiger partial charge in [-0.3, -0.25) is 4.79 Å². The number of rotatable bonds is 3. The van der Waals surface area contributed by atoms with Gasteiger partial charge in [-0.2, -0.15) is 0 Å². The van der Waals surface area contributed by atoms with Crippen molar-refractivity contribution in [3.8, 4) is 0 Å². The summed E-state index contributed by atoms with van der Waals surface area (Å²) in [5, 5.41) is 0. The van der Waals surface area contributed by atoms with Crippen LogP contribution in [0.3, 0.4) is 0 Å². The Morgan fingerprint density at radius 1 is 1.25 bits per heavy atom. The highest BCUT2D eigenvalue weighted by Crippen LogP contribution is 2.33. The molecule has 0 aliphatic heterocycles. The minimum atomic E-state index is -3.23. The predicted octanol–water partition coefficient (Wildman–Crippen LogP) is 3.55. The fraction of sp³-hybridized carbons (Fsp3) is 0.389. The van der Waals surface area contributed by atoms with E-state index in [2.05, 4.69) is 6.92 Å². The number of sulfone groups is 1. The normalized spacial score (nSPS) is 17.4. The van der Waals surface area contributed by atoms with E-state index in [-0.39, 0.29) is 10.8 Å². The number of fused-ring (bicyclic) bond motifs is 1. The molecule has 24 heavy (non-hydrogen) atoms. The zero-order chi connectivity index (χ0) is 17.5. The molecule has 0 N–H and O–H groups in total. The zero-order valence-electron chi connectivity index (χ0n) is 14.1. The van der Waals surface area contributed by atoms with Crippen LogP contribution in [-0.4, -0.2) is 27.6 Å². The minimum Gasteiger partial charge on any atom is -0.311 e. The number of carbonyl (C=O) groups is 1. The molecule has 1 heterocycles. The Bertz CT molecular complexity index is 866. The summed E-state index contributed by atoms with van der Waals surface area (Å²) in [5.74, 6) is 0.630. The molecule has 128 valence electrons. The Kier molecular flexibility index (Phi) is 4.53. The lowest BCUT2D eigenvalue weighted by atomic mass is 9.90. The average Bonchev–Trinajstić information content (AvgIpc) is 2.95. The third kappa shape index (κ3) is 3.39. The van der Waals surface area contributed by atoms with Gasteiger partial charge in [-0.25, -0.2) is 8.42 Å². The van der Waals surface area contributed by atoms with Crippen molar-refractivity contribution in [2.75, 3.05) is 18.2 Å². The summed E-state index contributed by atoms with van der Waals surface area (Å²) in [6.45, 7) is 2.25. The maximum Gasteiger partial charge on any atom is 0.268 e. The molecule has 6 heteroatoms. The van der Waals surface area contributed by atoms with Crippen molar-refractivity contribution in [2.45, 2.75) is 31.1 Å². The van der Waals surface area contributed by atoms with Crippen molar-refractivity contribution >= 4 is 32.8 Å². The van der Waals surface area contributed by atoms with Gasteiger partial charge in [-0.05, 0) is 61.1 Å². The smallest absolute Gasteiger partial charge is 0.268 e. The van der Waals surface area contributed by atoms with E-state index in [4.69, 9.17) is 0 Å². The molecule has 2 aromatic rings. The Labute approximate surface area is 147 Å². The predicted molar refractivity (Wildman–Crippen MR) is 97.8 cm³/mol.